The average Bonchev–Trinajstić information content (AvgIpc) is 2.74. The number of thiophene rings is 1. The van der Waals surface area contributed by atoms with Gasteiger partial charge in [0.2, 0.25) is 0 Å². The number of hydrogen-bond acceptors (Lipinski definition) is 3. The first-order valence-corrected chi connectivity index (χ1v) is 6.96. The third-order valence-corrected chi connectivity index (χ3v) is 3.62. The average molecular weight is 255 g/mol. The lowest BCUT2D eigenvalue weighted by molar-refractivity contribution is -0.137. The van der Waals surface area contributed by atoms with Crippen LogP contribution in [0.1, 0.15) is 38.0 Å². The van der Waals surface area contributed by atoms with E-state index in [0.717, 1.165) is 25.9 Å². The number of nitrogens with zero attached hydrogens (tertiary/aromatic N) is 1. The summed E-state index contributed by atoms with van der Waals surface area (Å²) >= 11 is 1.78. The van der Waals surface area contributed by atoms with Crippen molar-refractivity contribution in [2.45, 2.75) is 45.7 Å². The first-order chi connectivity index (χ1) is 8.09. The lowest BCUT2D eigenvalue weighted by Gasteiger charge is -2.25. The molecule has 0 aromatic carbocycles. The molecular weight excluding hydrogens is 234 g/mol. The van der Waals surface area contributed by atoms with Gasteiger partial charge in [0.05, 0.1) is 0 Å². The number of unbranched alkanes of at least 4 members (excludes halogenated alkanes) is 1. The molecule has 0 radical (unpaired) electrons. The number of carboxylic acid groups (broad SMARTS) is 1. The van der Waals surface area contributed by atoms with Gasteiger partial charge in [0.1, 0.15) is 0 Å². The van der Waals surface area contributed by atoms with Crippen molar-refractivity contribution in [1.82, 2.24) is 4.90 Å². The van der Waals surface area contributed by atoms with Gasteiger partial charge in [-0.3, -0.25) is 9.69 Å². The number of hydrogen-bond donors (Lipinski definition) is 1. The largest absolute Gasteiger partial charge is 0.481 e. The molecular formula is C13H21NO2S. The Morgan fingerprint density at radius 2 is 2.24 bits per heavy atom. The fourth-order valence-corrected chi connectivity index (χ4v) is 2.44. The van der Waals surface area contributed by atoms with Crippen LogP contribution >= 0.6 is 11.3 Å². The lowest BCUT2D eigenvalue weighted by Crippen LogP contribution is -2.31. The fraction of sp³-hybridized carbons (Fsp3) is 0.615. The summed E-state index contributed by atoms with van der Waals surface area (Å²) in [4.78, 5) is 14.2. The minimum absolute atomic E-state index is 0.283. The van der Waals surface area contributed by atoms with Crippen LogP contribution in [0.5, 0.6) is 0 Å². The zero-order valence-corrected chi connectivity index (χ0v) is 11.4. The molecule has 0 fully saturated rings. The molecule has 0 spiro atoms. The van der Waals surface area contributed by atoms with Gasteiger partial charge in [0.25, 0.3) is 0 Å². The zero-order valence-electron chi connectivity index (χ0n) is 10.6. The van der Waals surface area contributed by atoms with E-state index in [1.54, 1.807) is 11.3 Å². The van der Waals surface area contributed by atoms with E-state index in [-0.39, 0.29) is 6.42 Å². The third-order valence-electron chi connectivity index (χ3n) is 2.76. The number of carboxylic acids is 1. The van der Waals surface area contributed by atoms with Gasteiger partial charge in [-0.1, -0.05) is 6.07 Å². The van der Waals surface area contributed by atoms with Gasteiger partial charge in [0, 0.05) is 23.9 Å². The van der Waals surface area contributed by atoms with E-state index in [0.29, 0.717) is 6.04 Å². The normalized spacial score (nSPS) is 11.3. The SMILES string of the molecule is CC(C)N(CCCCC(=O)O)Cc1cccs1. The highest BCUT2D eigenvalue weighted by Gasteiger charge is 2.10. The highest BCUT2D eigenvalue weighted by Crippen LogP contribution is 2.14. The van der Waals surface area contributed by atoms with Crippen LogP contribution < -0.4 is 0 Å². The molecule has 0 saturated carbocycles. The molecule has 0 unspecified atom stereocenters. The highest BCUT2D eigenvalue weighted by molar-refractivity contribution is 7.09. The molecule has 0 bridgehead atoms. The maximum Gasteiger partial charge on any atom is 0.303 e. The van der Waals surface area contributed by atoms with Crippen molar-refractivity contribution in [3.63, 3.8) is 0 Å². The van der Waals surface area contributed by atoms with Crippen LogP contribution in [0.2, 0.25) is 0 Å². The van der Waals surface area contributed by atoms with E-state index in [1.165, 1.54) is 4.88 Å². The fourth-order valence-electron chi connectivity index (χ4n) is 1.71. The van der Waals surface area contributed by atoms with E-state index in [1.807, 2.05) is 0 Å². The lowest BCUT2D eigenvalue weighted by atomic mass is 10.2. The summed E-state index contributed by atoms with van der Waals surface area (Å²) in [5.74, 6) is -0.695. The van der Waals surface area contributed by atoms with E-state index in [2.05, 4.69) is 36.3 Å². The Bertz CT molecular complexity index is 322. The Hall–Kier alpha value is -0.870. The van der Waals surface area contributed by atoms with Gasteiger partial charge >= 0.3 is 5.97 Å². The predicted octanol–water partition coefficient (Wildman–Crippen LogP) is 3.21. The van der Waals surface area contributed by atoms with Crippen LogP contribution in [-0.2, 0) is 11.3 Å². The van der Waals surface area contributed by atoms with Crippen LogP contribution in [0.3, 0.4) is 0 Å². The van der Waals surface area contributed by atoms with Gasteiger partial charge < -0.3 is 5.11 Å². The van der Waals surface area contributed by atoms with Gasteiger partial charge in [0.15, 0.2) is 0 Å². The molecule has 1 N–H and O–H groups in total. The van der Waals surface area contributed by atoms with E-state index < -0.39 is 5.97 Å². The summed E-state index contributed by atoms with van der Waals surface area (Å²) < 4.78 is 0. The smallest absolute Gasteiger partial charge is 0.303 e. The van der Waals surface area contributed by atoms with E-state index in [9.17, 15) is 4.79 Å². The molecule has 0 atom stereocenters. The topological polar surface area (TPSA) is 40.5 Å². The van der Waals surface area contributed by atoms with Crippen molar-refractivity contribution >= 4 is 17.3 Å². The summed E-state index contributed by atoms with van der Waals surface area (Å²) in [7, 11) is 0. The summed E-state index contributed by atoms with van der Waals surface area (Å²) in [5, 5.41) is 10.7. The molecule has 0 aliphatic rings. The Kier molecular flexibility index (Phi) is 6.22. The molecule has 0 aliphatic carbocycles. The molecule has 1 aromatic rings. The van der Waals surface area contributed by atoms with Gasteiger partial charge in [-0.2, -0.15) is 0 Å². The second-order valence-corrected chi connectivity index (χ2v) is 5.53. The maximum absolute atomic E-state index is 10.4. The van der Waals surface area contributed by atoms with Crippen LogP contribution in [0, 0.1) is 0 Å². The minimum Gasteiger partial charge on any atom is -0.481 e. The van der Waals surface area contributed by atoms with Crippen LogP contribution in [-0.4, -0.2) is 28.6 Å². The van der Waals surface area contributed by atoms with Crippen LogP contribution in [0.25, 0.3) is 0 Å². The Morgan fingerprint density at radius 1 is 1.47 bits per heavy atom. The number of aliphatic carboxylic acids is 1. The third kappa shape index (κ3) is 5.84. The van der Waals surface area contributed by atoms with E-state index in [4.69, 9.17) is 5.11 Å². The monoisotopic (exact) mass is 255 g/mol. The van der Waals surface area contributed by atoms with Crippen molar-refractivity contribution in [3.8, 4) is 0 Å². The summed E-state index contributed by atoms with van der Waals surface area (Å²) in [6, 6.07) is 4.72. The molecule has 3 nitrogen and oxygen atoms in total. The molecule has 1 heterocycles. The Morgan fingerprint density at radius 3 is 2.76 bits per heavy atom. The molecule has 4 heteroatoms. The molecule has 1 aromatic heterocycles. The standard InChI is InChI=1S/C13H21NO2S/c1-11(2)14(8-4-3-7-13(15)16)10-12-6-5-9-17-12/h5-6,9,11H,3-4,7-8,10H2,1-2H3,(H,15,16). The summed E-state index contributed by atoms with van der Waals surface area (Å²) in [5.41, 5.74) is 0. The van der Waals surface area contributed by atoms with Crippen molar-refractivity contribution in [3.05, 3.63) is 22.4 Å². The maximum atomic E-state index is 10.4. The van der Waals surface area contributed by atoms with Crippen molar-refractivity contribution in [2.24, 2.45) is 0 Å². The first kappa shape index (κ1) is 14.2. The Labute approximate surface area is 107 Å². The van der Waals surface area contributed by atoms with Gasteiger partial charge in [-0.25, -0.2) is 0 Å². The second kappa shape index (κ2) is 7.45. The quantitative estimate of drug-likeness (QED) is 0.725. The highest BCUT2D eigenvalue weighted by atomic mass is 32.1. The molecule has 96 valence electrons. The second-order valence-electron chi connectivity index (χ2n) is 4.49. The van der Waals surface area contributed by atoms with Crippen molar-refractivity contribution < 1.29 is 9.90 Å². The van der Waals surface area contributed by atoms with Gasteiger partial charge in [-0.05, 0) is 44.7 Å². The molecule has 17 heavy (non-hydrogen) atoms. The minimum atomic E-state index is -0.695. The first-order valence-electron chi connectivity index (χ1n) is 6.08. The van der Waals surface area contributed by atoms with Crippen LogP contribution in [0.15, 0.2) is 17.5 Å². The Balaban J connectivity index is 2.31. The molecule has 0 aliphatic heterocycles. The predicted molar refractivity (Wildman–Crippen MR) is 71.4 cm³/mol. The summed E-state index contributed by atoms with van der Waals surface area (Å²) in [6.45, 7) is 6.32. The van der Waals surface area contributed by atoms with Crippen molar-refractivity contribution in [1.29, 1.82) is 0 Å². The molecule has 1 rings (SSSR count). The van der Waals surface area contributed by atoms with Gasteiger partial charge in [-0.15, -0.1) is 11.3 Å². The van der Waals surface area contributed by atoms with E-state index >= 15 is 0 Å². The van der Waals surface area contributed by atoms with Crippen LogP contribution in [0.4, 0.5) is 0 Å². The number of carbonyl (C=O) groups is 1. The molecule has 0 saturated heterocycles. The summed E-state index contributed by atoms with van der Waals surface area (Å²) in [6.07, 6.45) is 2.00. The molecule has 0 amide bonds. The zero-order chi connectivity index (χ0) is 12.7. The number of rotatable bonds is 8. The van der Waals surface area contributed by atoms with Crippen molar-refractivity contribution in [2.75, 3.05) is 6.54 Å².